The van der Waals surface area contributed by atoms with Gasteiger partial charge in [-0.15, -0.1) is 0 Å². The lowest BCUT2D eigenvalue weighted by Crippen LogP contribution is -2.21. The Labute approximate surface area is 134 Å². The fourth-order valence-corrected chi connectivity index (χ4v) is 3.07. The summed E-state index contributed by atoms with van der Waals surface area (Å²) in [6.07, 6.45) is 0. The molecule has 2 rings (SSSR count). The van der Waals surface area contributed by atoms with E-state index in [1.165, 1.54) is 0 Å². The molecule has 0 aliphatic rings. The summed E-state index contributed by atoms with van der Waals surface area (Å²) in [4.78, 5) is 9.87. The van der Waals surface area contributed by atoms with Crippen LogP contribution >= 0.6 is 15.9 Å². The van der Waals surface area contributed by atoms with Gasteiger partial charge >= 0.3 is 10.2 Å². The number of anilines is 2. The molecule has 0 amide bonds. The molecular formula is C12H10BrN3O5S. The number of non-ortho nitro benzene ring substituents is 1. The summed E-state index contributed by atoms with van der Waals surface area (Å²) >= 11 is 3.20. The first-order valence-electron chi connectivity index (χ1n) is 5.81. The van der Waals surface area contributed by atoms with E-state index in [1.54, 1.807) is 24.3 Å². The minimum Gasteiger partial charge on any atom is -0.505 e. The Morgan fingerprint density at radius 1 is 1.09 bits per heavy atom. The Morgan fingerprint density at radius 3 is 2.32 bits per heavy atom. The number of halogens is 1. The summed E-state index contributed by atoms with van der Waals surface area (Å²) in [6, 6.07) is 9.60. The van der Waals surface area contributed by atoms with Gasteiger partial charge in [0.25, 0.3) is 5.69 Å². The maximum absolute atomic E-state index is 12.0. The smallest absolute Gasteiger partial charge is 0.321 e. The van der Waals surface area contributed by atoms with Crippen LogP contribution in [-0.4, -0.2) is 18.4 Å². The zero-order valence-electron chi connectivity index (χ0n) is 10.9. The molecule has 3 N–H and O–H groups in total. The Hall–Kier alpha value is -2.33. The summed E-state index contributed by atoms with van der Waals surface area (Å²) < 4.78 is 28.9. The van der Waals surface area contributed by atoms with E-state index in [2.05, 4.69) is 25.4 Å². The number of nitrogens with one attached hydrogen (secondary N) is 2. The second-order valence-electron chi connectivity index (χ2n) is 4.15. The Morgan fingerprint density at radius 2 is 1.73 bits per heavy atom. The lowest BCUT2D eigenvalue weighted by molar-refractivity contribution is -0.384. The number of rotatable bonds is 5. The molecule has 22 heavy (non-hydrogen) atoms. The summed E-state index contributed by atoms with van der Waals surface area (Å²) in [5.74, 6) is -0.549. The normalized spacial score (nSPS) is 11.0. The Kier molecular flexibility index (Phi) is 4.52. The molecule has 0 saturated heterocycles. The van der Waals surface area contributed by atoms with Gasteiger partial charge in [0.15, 0.2) is 0 Å². The fraction of sp³-hybridized carbons (Fsp3) is 0. The Balaban J connectivity index is 2.22. The molecule has 0 fully saturated rings. The number of aromatic hydroxyl groups is 1. The average molecular weight is 388 g/mol. The SMILES string of the molecule is O=[N+]([O-])c1ccc(NS(=O)(=O)Nc2ccccc2Br)c(O)c1. The maximum atomic E-state index is 12.0. The molecule has 0 saturated carbocycles. The van der Waals surface area contributed by atoms with Crippen LogP contribution in [0.3, 0.4) is 0 Å². The van der Waals surface area contributed by atoms with Crippen LogP contribution in [-0.2, 0) is 10.2 Å². The molecule has 0 aliphatic carbocycles. The molecule has 2 aromatic carbocycles. The van der Waals surface area contributed by atoms with Crippen molar-refractivity contribution >= 4 is 43.2 Å². The molecule has 0 radical (unpaired) electrons. The lowest BCUT2D eigenvalue weighted by atomic mass is 10.3. The van der Waals surface area contributed by atoms with Gasteiger partial charge < -0.3 is 5.11 Å². The number of hydrogen-bond donors (Lipinski definition) is 3. The third kappa shape index (κ3) is 3.86. The second kappa shape index (κ2) is 6.20. The quantitative estimate of drug-likeness (QED) is 0.413. The largest absolute Gasteiger partial charge is 0.505 e. The highest BCUT2D eigenvalue weighted by Crippen LogP contribution is 2.29. The van der Waals surface area contributed by atoms with E-state index < -0.39 is 20.9 Å². The van der Waals surface area contributed by atoms with Crippen molar-refractivity contribution in [2.75, 3.05) is 9.44 Å². The number of nitro benzene ring substituents is 1. The monoisotopic (exact) mass is 387 g/mol. The van der Waals surface area contributed by atoms with Gasteiger partial charge in [-0.05, 0) is 34.1 Å². The van der Waals surface area contributed by atoms with Crippen molar-refractivity contribution in [1.29, 1.82) is 0 Å². The van der Waals surface area contributed by atoms with Crippen molar-refractivity contribution in [2.45, 2.75) is 0 Å². The molecule has 8 nitrogen and oxygen atoms in total. The van der Waals surface area contributed by atoms with E-state index in [4.69, 9.17) is 0 Å². The number of nitro groups is 1. The number of para-hydroxylation sites is 1. The molecule has 0 heterocycles. The summed E-state index contributed by atoms with van der Waals surface area (Å²) in [5.41, 5.74) is -0.222. The Bertz CT molecular complexity index is 825. The minimum atomic E-state index is -4.03. The van der Waals surface area contributed by atoms with Crippen LogP contribution in [0.2, 0.25) is 0 Å². The zero-order chi connectivity index (χ0) is 16.3. The molecule has 0 bridgehead atoms. The van der Waals surface area contributed by atoms with Crippen LogP contribution in [0.15, 0.2) is 46.9 Å². The van der Waals surface area contributed by atoms with E-state index in [1.807, 2.05) is 0 Å². The van der Waals surface area contributed by atoms with Gasteiger partial charge in [0.2, 0.25) is 0 Å². The molecule has 116 valence electrons. The molecular weight excluding hydrogens is 378 g/mol. The molecule has 0 spiro atoms. The van der Waals surface area contributed by atoms with Crippen LogP contribution in [0.5, 0.6) is 5.75 Å². The molecule has 2 aromatic rings. The fourth-order valence-electron chi connectivity index (χ4n) is 1.58. The van der Waals surface area contributed by atoms with Crippen molar-refractivity contribution in [3.05, 3.63) is 57.1 Å². The van der Waals surface area contributed by atoms with Crippen molar-refractivity contribution in [3.63, 3.8) is 0 Å². The van der Waals surface area contributed by atoms with Gasteiger partial charge in [0, 0.05) is 10.5 Å². The zero-order valence-corrected chi connectivity index (χ0v) is 13.3. The van der Waals surface area contributed by atoms with Gasteiger partial charge in [-0.1, -0.05) is 12.1 Å². The van der Waals surface area contributed by atoms with E-state index in [-0.39, 0.29) is 11.4 Å². The van der Waals surface area contributed by atoms with Gasteiger partial charge in [-0.2, -0.15) is 8.42 Å². The first kappa shape index (κ1) is 16.0. The van der Waals surface area contributed by atoms with Crippen LogP contribution < -0.4 is 9.44 Å². The number of nitrogens with zero attached hydrogens (tertiary/aromatic N) is 1. The number of benzene rings is 2. The molecule has 10 heteroatoms. The predicted octanol–water partition coefficient (Wildman–Crippen LogP) is 2.83. The topological polar surface area (TPSA) is 122 Å². The van der Waals surface area contributed by atoms with Crippen molar-refractivity contribution < 1.29 is 18.4 Å². The van der Waals surface area contributed by atoms with E-state index in [0.29, 0.717) is 10.2 Å². The molecule has 0 aliphatic heterocycles. The van der Waals surface area contributed by atoms with Crippen LogP contribution in [0, 0.1) is 10.1 Å². The number of phenolic OH excluding ortho intramolecular Hbond substituents is 1. The minimum absolute atomic E-state index is 0.176. The van der Waals surface area contributed by atoms with Crippen LogP contribution in [0.4, 0.5) is 17.1 Å². The summed E-state index contributed by atoms with van der Waals surface area (Å²) in [6.45, 7) is 0. The summed E-state index contributed by atoms with van der Waals surface area (Å²) in [7, 11) is -4.03. The second-order valence-corrected chi connectivity index (χ2v) is 6.42. The average Bonchev–Trinajstić information content (AvgIpc) is 2.43. The van der Waals surface area contributed by atoms with Crippen molar-refractivity contribution in [1.82, 2.24) is 0 Å². The van der Waals surface area contributed by atoms with E-state index >= 15 is 0 Å². The highest BCUT2D eigenvalue weighted by molar-refractivity contribution is 9.10. The first-order valence-corrected chi connectivity index (χ1v) is 8.08. The molecule has 0 unspecified atom stereocenters. The maximum Gasteiger partial charge on any atom is 0.321 e. The third-order valence-corrected chi connectivity index (χ3v) is 4.22. The van der Waals surface area contributed by atoms with Gasteiger partial charge in [-0.3, -0.25) is 19.6 Å². The summed E-state index contributed by atoms with van der Waals surface area (Å²) in [5, 5.41) is 20.2. The highest BCUT2D eigenvalue weighted by atomic mass is 79.9. The molecule has 0 atom stereocenters. The lowest BCUT2D eigenvalue weighted by Gasteiger charge is -2.12. The highest BCUT2D eigenvalue weighted by Gasteiger charge is 2.16. The van der Waals surface area contributed by atoms with Crippen molar-refractivity contribution in [3.8, 4) is 5.75 Å². The van der Waals surface area contributed by atoms with Crippen molar-refractivity contribution in [2.24, 2.45) is 0 Å². The van der Waals surface area contributed by atoms with Gasteiger partial charge in [0.1, 0.15) is 5.75 Å². The molecule has 0 aromatic heterocycles. The van der Waals surface area contributed by atoms with Gasteiger partial charge in [0.05, 0.1) is 22.4 Å². The van der Waals surface area contributed by atoms with Crippen LogP contribution in [0.1, 0.15) is 0 Å². The standard InChI is InChI=1S/C12H10BrN3O5S/c13-9-3-1-2-4-10(9)14-22(20,21)15-11-6-5-8(16(18)19)7-12(11)17/h1-7,14-15,17H. The predicted molar refractivity (Wildman–Crippen MR) is 85.1 cm³/mol. The number of hydrogen-bond acceptors (Lipinski definition) is 5. The van der Waals surface area contributed by atoms with Crippen LogP contribution in [0.25, 0.3) is 0 Å². The first-order chi connectivity index (χ1) is 10.3. The van der Waals surface area contributed by atoms with Gasteiger partial charge in [-0.25, -0.2) is 0 Å². The number of phenols is 1. The van der Waals surface area contributed by atoms with E-state index in [9.17, 15) is 23.6 Å². The van der Waals surface area contributed by atoms with E-state index in [0.717, 1.165) is 18.2 Å². The third-order valence-electron chi connectivity index (χ3n) is 2.55.